The predicted octanol–water partition coefficient (Wildman–Crippen LogP) is 5.31. The number of carbonyl (C=O) groups is 1. The van der Waals surface area contributed by atoms with Gasteiger partial charge < -0.3 is 19.7 Å². The summed E-state index contributed by atoms with van der Waals surface area (Å²) < 4.78 is 12.2. The number of halogens is 2. The number of urea groups is 1. The molecule has 1 atom stereocenters. The Labute approximate surface area is 163 Å². The number of rotatable bonds is 6. The largest absolute Gasteiger partial charge is 0.491 e. The van der Waals surface area contributed by atoms with E-state index in [1.165, 1.54) is 0 Å². The van der Waals surface area contributed by atoms with E-state index >= 15 is 0 Å². The minimum absolute atomic E-state index is 0.133. The van der Waals surface area contributed by atoms with Gasteiger partial charge in [0.25, 0.3) is 0 Å². The molecule has 1 aromatic rings. The Morgan fingerprint density at radius 3 is 2.88 bits per heavy atom. The summed E-state index contributed by atoms with van der Waals surface area (Å²) in [6.45, 7) is 6.71. The highest BCUT2D eigenvalue weighted by molar-refractivity contribution is 9.10. The molecule has 1 N–H and O–H groups in total. The van der Waals surface area contributed by atoms with Crippen LogP contribution in [0.2, 0.25) is 5.02 Å². The molecule has 140 valence electrons. The first-order valence-electron chi connectivity index (χ1n) is 8.84. The van der Waals surface area contributed by atoms with Crippen molar-refractivity contribution >= 4 is 39.2 Å². The fourth-order valence-electron chi connectivity index (χ4n) is 2.86. The Morgan fingerprint density at radius 1 is 1.36 bits per heavy atom. The summed E-state index contributed by atoms with van der Waals surface area (Å²) in [5.41, 5.74) is 0.578. The highest BCUT2D eigenvalue weighted by Crippen LogP contribution is 2.36. The van der Waals surface area contributed by atoms with E-state index in [-0.39, 0.29) is 12.1 Å². The van der Waals surface area contributed by atoms with Gasteiger partial charge in [-0.25, -0.2) is 4.79 Å². The molecule has 0 aromatic heterocycles. The molecule has 2 rings (SSSR count). The molecule has 1 fully saturated rings. The second kappa shape index (κ2) is 10.2. The average molecular weight is 434 g/mol. The lowest BCUT2D eigenvalue weighted by atomic mass is 10.2. The van der Waals surface area contributed by atoms with E-state index in [4.69, 9.17) is 21.1 Å². The second-order valence-electron chi connectivity index (χ2n) is 6.04. The molecule has 7 heteroatoms. The van der Waals surface area contributed by atoms with Crippen LogP contribution in [-0.4, -0.2) is 43.3 Å². The quantitative estimate of drug-likeness (QED) is 0.661. The number of anilines is 1. The van der Waals surface area contributed by atoms with Gasteiger partial charge >= 0.3 is 6.03 Å². The molecule has 1 aromatic carbocycles. The normalized spacial score (nSPS) is 17.9. The standard InChI is InChI=1S/C18H26BrClN2O3/c1-3-10-25-14-6-5-8-22(9-7-14)18(23)21-16-12-13(20)11-15(19)17(16)24-4-2/h11-12,14H,3-10H2,1-2H3,(H,21,23). The number of hydrogen-bond donors (Lipinski definition) is 1. The van der Waals surface area contributed by atoms with Crippen LogP contribution in [0.4, 0.5) is 10.5 Å². The minimum Gasteiger partial charge on any atom is -0.491 e. The molecule has 25 heavy (non-hydrogen) atoms. The van der Waals surface area contributed by atoms with Crippen molar-refractivity contribution in [3.63, 3.8) is 0 Å². The molecule has 0 spiro atoms. The monoisotopic (exact) mass is 432 g/mol. The zero-order valence-corrected chi connectivity index (χ0v) is 17.2. The first kappa shape index (κ1) is 20.3. The fraction of sp³-hybridized carbons (Fsp3) is 0.611. The molecule has 0 radical (unpaired) electrons. The van der Waals surface area contributed by atoms with Gasteiger partial charge in [0.15, 0.2) is 5.75 Å². The molecular weight excluding hydrogens is 408 g/mol. The molecule has 1 unspecified atom stereocenters. The molecule has 0 saturated carbocycles. The maximum absolute atomic E-state index is 12.7. The highest BCUT2D eigenvalue weighted by Gasteiger charge is 2.22. The van der Waals surface area contributed by atoms with Crippen LogP contribution in [0.1, 0.15) is 39.5 Å². The van der Waals surface area contributed by atoms with E-state index < -0.39 is 0 Å². The molecule has 0 aliphatic carbocycles. The van der Waals surface area contributed by atoms with Gasteiger partial charge in [-0.1, -0.05) is 18.5 Å². The van der Waals surface area contributed by atoms with Crippen LogP contribution >= 0.6 is 27.5 Å². The van der Waals surface area contributed by atoms with Crippen LogP contribution < -0.4 is 10.1 Å². The number of hydrogen-bond acceptors (Lipinski definition) is 3. The molecule has 2 amide bonds. The Morgan fingerprint density at radius 2 is 2.16 bits per heavy atom. The van der Waals surface area contributed by atoms with E-state index in [1.54, 1.807) is 12.1 Å². The third-order valence-corrected chi connectivity index (χ3v) is 4.87. The number of amides is 2. The van der Waals surface area contributed by atoms with E-state index in [2.05, 4.69) is 28.2 Å². The Hall–Kier alpha value is -0.980. The zero-order valence-electron chi connectivity index (χ0n) is 14.8. The van der Waals surface area contributed by atoms with Crippen LogP contribution in [0.5, 0.6) is 5.75 Å². The summed E-state index contributed by atoms with van der Waals surface area (Å²) in [4.78, 5) is 14.5. The molecule has 1 heterocycles. The van der Waals surface area contributed by atoms with Crippen LogP contribution in [0, 0.1) is 0 Å². The van der Waals surface area contributed by atoms with Gasteiger partial charge in [0.1, 0.15) is 0 Å². The molecular formula is C18H26BrClN2O3. The maximum atomic E-state index is 12.7. The summed E-state index contributed by atoms with van der Waals surface area (Å²) in [6, 6.07) is 3.33. The third kappa shape index (κ3) is 6.04. The second-order valence-corrected chi connectivity index (χ2v) is 7.33. The smallest absolute Gasteiger partial charge is 0.321 e. The van der Waals surface area contributed by atoms with E-state index in [9.17, 15) is 4.79 Å². The van der Waals surface area contributed by atoms with Gasteiger partial charge in [0.05, 0.1) is 22.9 Å². The summed E-state index contributed by atoms with van der Waals surface area (Å²) in [5, 5.41) is 3.48. The topological polar surface area (TPSA) is 50.8 Å². The van der Waals surface area contributed by atoms with Gasteiger partial charge in [0, 0.05) is 24.7 Å². The van der Waals surface area contributed by atoms with Gasteiger partial charge in [0.2, 0.25) is 0 Å². The number of nitrogens with one attached hydrogen (secondary N) is 1. The van der Waals surface area contributed by atoms with Crippen molar-refractivity contribution in [2.24, 2.45) is 0 Å². The number of benzene rings is 1. The van der Waals surface area contributed by atoms with Crippen molar-refractivity contribution in [3.8, 4) is 5.75 Å². The number of ether oxygens (including phenoxy) is 2. The van der Waals surface area contributed by atoms with Crippen molar-refractivity contribution in [1.82, 2.24) is 4.90 Å². The molecule has 5 nitrogen and oxygen atoms in total. The van der Waals surface area contributed by atoms with Crippen LogP contribution in [0.25, 0.3) is 0 Å². The fourth-order valence-corrected chi connectivity index (χ4v) is 3.78. The van der Waals surface area contributed by atoms with Gasteiger partial charge in [-0.15, -0.1) is 0 Å². The predicted molar refractivity (Wildman–Crippen MR) is 105 cm³/mol. The van der Waals surface area contributed by atoms with Crippen LogP contribution in [0.15, 0.2) is 16.6 Å². The molecule has 1 saturated heterocycles. The Balaban J connectivity index is 2.02. The first-order chi connectivity index (χ1) is 12.0. The SMILES string of the molecule is CCCOC1CCCN(C(=O)Nc2cc(Cl)cc(Br)c2OCC)CC1. The summed E-state index contributed by atoms with van der Waals surface area (Å²) in [5.74, 6) is 0.597. The van der Waals surface area contributed by atoms with Crippen molar-refractivity contribution in [3.05, 3.63) is 21.6 Å². The highest BCUT2D eigenvalue weighted by atomic mass is 79.9. The minimum atomic E-state index is -0.133. The number of nitrogens with zero attached hydrogens (tertiary/aromatic N) is 1. The lowest BCUT2D eigenvalue weighted by Gasteiger charge is -2.22. The lowest BCUT2D eigenvalue weighted by Crippen LogP contribution is -2.36. The average Bonchev–Trinajstić information content (AvgIpc) is 2.81. The molecule has 0 bridgehead atoms. The van der Waals surface area contributed by atoms with Crippen molar-refractivity contribution in [2.75, 3.05) is 31.6 Å². The zero-order chi connectivity index (χ0) is 18.2. The molecule has 1 aliphatic heterocycles. The molecule has 1 aliphatic rings. The first-order valence-corrected chi connectivity index (χ1v) is 10.0. The van der Waals surface area contributed by atoms with Crippen molar-refractivity contribution in [2.45, 2.75) is 45.6 Å². The number of likely N-dealkylation sites (tertiary alicyclic amines) is 1. The third-order valence-electron chi connectivity index (χ3n) is 4.06. The van der Waals surface area contributed by atoms with Crippen LogP contribution in [-0.2, 0) is 4.74 Å². The van der Waals surface area contributed by atoms with E-state index in [0.29, 0.717) is 29.6 Å². The van der Waals surface area contributed by atoms with Gasteiger partial charge in [-0.05, 0) is 60.7 Å². The number of carbonyl (C=O) groups excluding carboxylic acids is 1. The van der Waals surface area contributed by atoms with Crippen molar-refractivity contribution < 1.29 is 14.3 Å². The van der Waals surface area contributed by atoms with Crippen molar-refractivity contribution in [1.29, 1.82) is 0 Å². The lowest BCUT2D eigenvalue weighted by molar-refractivity contribution is 0.0446. The maximum Gasteiger partial charge on any atom is 0.321 e. The van der Waals surface area contributed by atoms with Crippen LogP contribution in [0.3, 0.4) is 0 Å². The Bertz CT molecular complexity index is 586. The summed E-state index contributed by atoms with van der Waals surface area (Å²) in [7, 11) is 0. The van der Waals surface area contributed by atoms with E-state index in [0.717, 1.165) is 43.3 Å². The van der Waals surface area contributed by atoms with Gasteiger partial charge in [-0.3, -0.25) is 0 Å². The summed E-state index contributed by atoms with van der Waals surface area (Å²) >= 11 is 9.56. The van der Waals surface area contributed by atoms with E-state index in [1.807, 2.05) is 11.8 Å². The summed E-state index contributed by atoms with van der Waals surface area (Å²) in [6.07, 6.45) is 4.07. The Kier molecular flexibility index (Phi) is 8.33. The van der Waals surface area contributed by atoms with Gasteiger partial charge in [-0.2, -0.15) is 0 Å².